The number of aromatic nitrogens is 4. The van der Waals surface area contributed by atoms with Crippen LogP contribution in [0.3, 0.4) is 0 Å². The van der Waals surface area contributed by atoms with Gasteiger partial charge in [0.1, 0.15) is 0 Å². The second-order valence-corrected chi connectivity index (χ2v) is 4.05. The molecule has 104 valence electrons. The summed E-state index contributed by atoms with van der Waals surface area (Å²) in [4.78, 5) is 24.4. The number of primary amides is 1. The molecule has 0 saturated carbocycles. The third-order valence-corrected chi connectivity index (χ3v) is 2.55. The van der Waals surface area contributed by atoms with Crippen LogP contribution in [0.2, 0.25) is 1.41 Å². The predicted molar refractivity (Wildman–Crippen MR) is 69.6 cm³/mol. The highest BCUT2D eigenvalue weighted by atomic mass is 16.2. The molecule has 2 aromatic rings. The summed E-state index contributed by atoms with van der Waals surface area (Å²) in [6, 6.07) is 6.18. The Hall–Kier alpha value is -2.97. The van der Waals surface area contributed by atoms with Gasteiger partial charge in [-0.1, -0.05) is 17.2 Å². The van der Waals surface area contributed by atoms with E-state index in [-0.39, 0.29) is 11.9 Å². The lowest BCUT2D eigenvalue weighted by atomic mass is 10.1. The number of aromatic amines is 1. The fraction of sp³-hybridized carbons (Fsp3) is 0.182. The third-order valence-electron chi connectivity index (χ3n) is 2.55. The SMILES string of the molecule is [2H]NC(=O)N(C)Cc1ccc(C(=O)Nc2nn[nH]n2)cc1. The standard InChI is InChI=1S/C11H13N7O2/c1-18(10(12)20)6-7-2-4-8(5-3-7)9(19)13-11-14-16-17-15-11/h2-5H,6H2,1H3,(H2,12,20)(H2,13,14,15,16,17,19)/i/hD. The van der Waals surface area contributed by atoms with Crippen molar-refractivity contribution in [3.63, 3.8) is 0 Å². The van der Waals surface area contributed by atoms with E-state index < -0.39 is 6.03 Å². The molecule has 0 bridgehead atoms. The fourth-order valence-corrected chi connectivity index (χ4v) is 1.50. The van der Waals surface area contributed by atoms with Crippen LogP contribution < -0.4 is 11.0 Å². The van der Waals surface area contributed by atoms with Gasteiger partial charge < -0.3 is 10.6 Å². The maximum Gasteiger partial charge on any atom is 0.314 e. The Bertz CT molecular complexity index is 614. The van der Waals surface area contributed by atoms with Crippen molar-refractivity contribution in [2.45, 2.75) is 6.54 Å². The molecule has 0 spiro atoms. The summed E-state index contributed by atoms with van der Waals surface area (Å²) >= 11 is 0. The Morgan fingerprint density at radius 2 is 2.20 bits per heavy atom. The second kappa shape index (κ2) is 5.78. The summed E-state index contributed by atoms with van der Waals surface area (Å²) in [6.07, 6.45) is 0. The number of hydrogen-bond acceptors (Lipinski definition) is 5. The average molecular weight is 276 g/mol. The number of rotatable bonds is 4. The molecule has 2 rings (SSSR count). The summed E-state index contributed by atoms with van der Waals surface area (Å²) in [6.45, 7) is 0.331. The molecule has 3 amide bonds. The quantitative estimate of drug-likeness (QED) is 0.721. The summed E-state index contributed by atoms with van der Waals surface area (Å²) < 4.78 is 6.78. The van der Waals surface area contributed by atoms with Crippen LogP contribution in [0.15, 0.2) is 24.3 Å². The van der Waals surface area contributed by atoms with Gasteiger partial charge in [-0.25, -0.2) is 4.79 Å². The van der Waals surface area contributed by atoms with Crippen LogP contribution >= 0.6 is 0 Å². The van der Waals surface area contributed by atoms with Gasteiger partial charge in [-0.3, -0.25) is 10.1 Å². The molecule has 0 saturated heterocycles. The highest BCUT2D eigenvalue weighted by molar-refractivity contribution is 6.03. The van der Waals surface area contributed by atoms with E-state index in [2.05, 4.69) is 25.9 Å². The maximum absolute atomic E-state index is 11.9. The first-order valence-electron chi connectivity index (χ1n) is 6.16. The second-order valence-electron chi connectivity index (χ2n) is 4.05. The molecule has 9 nitrogen and oxygen atoms in total. The lowest BCUT2D eigenvalue weighted by Gasteiger charge is -2.14. The molecule has 0 fully saturated rings. The minimum Gasteiger partial charge on any atom is -0.351 e. The number of benzene rings is 1. The first-order chi connectivity index (χ1) is 10.1. The number of tetrazole rings is 1. The molecule has 0 aliphatic heterocycles. The Kier molecular flexibility index (Phi) is 3.49. The summed E-state index contributed by atoms with van der Waals surface area (Å²) in [5, 5.41) is 15.3. The van der Waals surface area contributed by atoms with Crippen molar-refractivity contribution in [1.82, 2.24) is 25.5 Å². The van der Waals surface area contributed by atoms with Crippen LogP contribution in [0.25, 0.3) is 0 Å². The Morgan fingerprint density at radius 3 is 2.80 bits per heavy atom. The first-order valence-corrected chi connectivity index (χ1v) is 5.66. The fourth-order valence-electron chi connectivity index (χ4n) is 1.50. The minimum atomic E-state index is -0.506. The number of carbonyl (C=O) groups excluding carboxylic acids is 2. The van der Waals surface area contributed by atoms with Crippen molar-refractivity contribution in [2.75, 3.05) is 12.4 Å². The molecule has 0 unspecified atom stereocenters. The van der Waals surface area contributed by atoms with E-state index in [0.29, 0.717) is 12.1 Å². The van der Waals surface area contributed by atoms with Gasteiger partial charge in [0.15, 0.2) is 1.41 Å². The predicted octanol–water partition coefficient (Wildman–Crippen LogP) is -0.0375. The Morgan fingerprint density at radius 1 is 1.45 bits per heavy atom. The van der Waals surface area contributed by atoms with Gasteiger partial charge in [0.25, 0.3) is 11.9 Å². The minimum absolute atomic E-state index is 0.0935. The van der Waals surface area contributed by atoms with Gasteiger partial charge in [0.05, 0.1) is 0 Å². The average Bonchev–Trinajstić information content (AvgIpc) is 2.99. The summed E-state index contributed by atoms with van der Waals surface area (Å²) in [7, 11) is 1.57. The number of nitrogens with one attached hydrogen (secondary N) is 2. The van der Waals surface area contributed by atoms with Crippen LogP contribution in [-0.4, -0.2) is 44.5 Å². The Labute approximate surface area is 115 Å². The number of nitrogens with zero attached hydrogens (tertiary/aromatic N) is 4. The van der Waals surface area contributed by atoms with Crippen LogP contribution in [-0.2, 0) is 6.54 Å². The lowest BCUT2D eigenvalue weighted by molar-refractivity contribution is 0.102. The molecule has 0 atom stereocenters. The molecular formula is C11H13N7O2. The lowest BCUT2D eigenvalue weighted by Crippen LogP contribution is -2.31. The van der Waals surface area contributed by atoms with Crippen LogP contribution in [0.1, 0.15) is 15.9 Å². The number of anilines is 1. The molecule has 20 heavy (non-hydrogen) atoms. The van der Waals surface area contributed by atoms with Gasteiger partial charge in [-0.15, -0.1) is 5.10 Å². The van der Waals surface area contributed by atoms with Crippen LogP contribution in [0.4, 0.5) is 10.7 Å². The zero-order valence-corrected chi connectivity index (χ0v) is 10.6. The van der Waals surface area contributed by atoms with Crippen molar-refractivity contribution >= 4 is 17.9 Å². The van der Waals surface area contributed by atoms with E-state index in [1.165, 1.54) is 4.90 Å². The first kappa shape index (κ1) is 12.1. The van der Waals surface area contributed by atoms with E-state index in [0.717, 1.165) is 5.56 Å². The molecule has 1 aromatic heterocycles. The number of carbonyl (C=O) groups is 2. The molecule has 1 heterocycles. The Balaban J connectivity index is 1.98. The normalized spacial score (nSPS) is 10.6. The number of urea groups is 1. The van der Waals surface area contributed by atoms with Crippen molar-refractivity contribution in [1.29, 1.82) is 0 Å². The number of hydrogen-bond donors (Lipinski definition) is 3. The summed E-state index contributed by atoms with van der Waals surface area (Å²) in [5.41, 5.74) is 3.05. The topological polar surface area (TPSA) is 130 Å². The zero-order chi connectivity index (χ0) is 15.2. The van der Waals surface area contributed by atoms with Crippen molar-refractivity contribution in [2.24, 2.45) is 5.73 Å². The van der Waals surface area contributed by atoms with Gasteiger partial charge in [0.2, 0.25) is 0 Å². The largest absolute Gasteiger partial charge is 0.351 e. The maximum atomic E-state index is 11.9. The van der Waals surface area contributed by atoms with Gasteiger partial charge >= 0.3 is 6.03 Å². The molecular weight excluding hydrogens is 262 g/mol. The molecule has 0 radical (unpaired) electrons. The van der Waals surface area contributed by atoms with E-state index in [9.17, 15) is 9.59 Å². The van der Waals surface area contributed by atoms with Crippen molar-refractivity contribution < 1.29 is 11.0 Å². The monoisotopic (exact) mass is 276 g/mol. The van der Waals surface area contributed by atoms with Gasteiger partial charge in [-0.05, 0) is 22.9 Å². The van der Waals surface area contributed by atoms with Crippen molar-refractivity contribution in [3.8, 4) is 0 Å². The van der Waals surface area contributed by atoms with Crippen LogP contribution in [0, 0.1) is 0 Å². The zero-order valence-electron chi connectivity index (χ0n) is 11.6. The van der Waals surface area contributed by atoms with E-state index in [1.54, 1.807) is 37.0 Å². The van der Waals surface area contributed by atoms with E-state index in [1.807, 2.05) is 0 Å². The molecule has 0 aliphatic carbocycles. The van der Waals surface area contributed by atoms with E-state index >= 15 is 0 Å². The number of H-pyrrole nitrogens is 1. The van der Waals surface area contributed by atoms with Crippen LogP contribution in [0.5, 0.6) is 0 Å². The highest BCUT2D eigenvalue weighted by Crippen LogP contribution is 2.08. The van der Waals surface area contributed by atoms with Crippen molar-refractivity contribution in [3.05, 3.63) is 35.4 Å². The smallest absolute Gasteiger partial charge is 0.314 e. The van der Waals surface area contributed by atoms with E-state index in [4.69, 9.17) is 1.41 Å². The number of amides is 3. The third kappa shape index (κ3) is 3.28. The van der Waals surface area contributed by atoms with Gasteiger partial charge in [0, 0.05) is 19.2 Å². The van der Waals surface area contributed by atoms with Gasteiger partial charge in [-0.2, -0.15) is 5.21 Å². The summed E-state index contributed by atoms with van der Waals surface area (Å²) in [5.74, 6) is -0.267. The molecule has 4 N–H and O–H groups in total. The molecule has 1 aromatic carbocycles. The molecule has 9 heteroatoms. The molecule has 0 aliphatic rings. The highest BCUT2D eigenvalue weighted by Gasteiger charge is 2.09. The number of nitrogens with two attached hydrogens (primary N) is 1.